The van der Waals surface area contributed by atoms with Crippen LogP contribution in [-0.2, 0) is 0 Å². The summed E-state index contributed by atoms with van der Waals surface area (Å²) in [5.41, 5.74) is 8.04. The molecule has 18 heavy (non-hydrogen) atoms. The molecule has 92 valence electrons. The van der Waals surface area contributed by atoms with Crippen molar-refractivity contribution in [2.24, 2.45) is 5.11 Å². The monoisotopic (exact) mass is 245 g/mol. The molecule has 0 atom stereocenters. The quantitative estimate of drug-likeness (QED) is 0.708. The van der Waals surface area contributed by atoms with Gasteiger partial charge in [0, 0.05) is 12.1 Å². The van der Waals surface area contributed by atoms with Gasteiger partial charge in [-0.2, -0.15) is 0 Å². The summed E-state index contributed by atoms with van der Waals surface area (Å²) in [4.78, 5) is 11.5. The molecule has 3 N–H and O–H groups in total. The second kappa shape index (κ2) is 4.33. The molecule has 0 bridgehead atoms. The van der Waals surface area contributed by atoms with Gasteiger partial charge in [-0.25, -0.2) is 5.53 Å². The van der Waals surface area contributed by atoms with E-state index in [0.717, 1.165) is 10.1 Å². The highest BCUT2D eigenvalue weighted by Gasteiger charge is 2.16. The Labute approximate surface area is 103 Å². The Hall–Kier alpha value is -2.63. The predicted molar refractivity (Wildman–Crippen MR) is 63.3 cm³/mol. The summed E-state index contributed by atoms with van der Waals surface area (Å²) in [6, 6.07) is 7.44. The predicted octanol–water partition coefficient (Wildman–Crippen LogP) is 2.37. The standard InChI is InChI=1S/C12H11N3O3/c1-7-2-3-8(12(18)14-13)9(6-7)15-10(16)4-5-11(15)17/h2-6,13,16-17H,1H3. The van der Waals surface area contributed by atoms with E-state index in [0.29, 0.717) is 0 Å². The number of nitrogens with zero attached hydrogens (tertiary/aromatic N) is 2. The highest BCUT2D eigenvalue weighted by Crippen LogP contribution is 2.29. The maximum atomic E-state index is 11.5. The van der Waals surface area contributed by atoms with Crippen molar-refractivity contribution in [3.63, 3.8) is 0 Å². The molecule has 2 rings (SSSR count). The number of carbonyl (C=O) groups is 1. The number of aryl methyl sites for hydroxylation is 1. The van der Waals surface area contributed by atoms with E-state index in [1.807, 2.05) is 6.92 Å². The van der Waals surface area contributed by atoms with Crippen LogP contribution >= 0.6 is 0 Å². The Balaban J connectivity index is 2.73. The number of benzene rings is 1. The lowest BCUT2D eigenvalue weighted by Crippen LogP contribution is -2.04. The molecule has 0 aliphatic carbocycles. The largest absolute Gasteiger partial charge is 0.494 e. The number of rotatable bonds is 2. The average molecular weight is 245 g/mol. The lowest BCUT2D eigenvalue weighted by atomic mass is 10.1. The summed E-state index contributed by atoms with van der Waals surface area (Å²) in [6.45, 7) is 1.81. The Morgan fingerprint density at radius 1 is 1.22 bits per heavy atom. The molecular formula is C12H11N3O3. The first-order chi connectivity index (χ1) is 8.54. The summed E-state index contributed by atoms with van der Waals surface area (Å²) < 4.78 is 1.12. The van der Waals surface area contributed by atoms with Crippen molar-refractivity contribution in [2.45, 2.75) is 6.92 Å². The van der Waals surface area contributed by atoms with Crippen molar-refractivity contribution in [1.29, 1.82) is 5.53 Å². The molecule has 0 spiro atoms. The molecule has 0 saturated carbocycles. The number of aromatic nitrogens is 1. The summed E-state index contributed by atoms with van der Waals surface area (Å²) >= 11 is 0. The lowest BCUT2D eigenvalue weighted by Gasteiger charge is -2.11. The maximum Gasteiger partial charge on any atom is 0.296 e. The molecule has 1 aromatic carbocycles. The van der Waals surface area contributed by atoms with Crippen molar-refractivity contribution < 1.29 is 15.0 Å². The first-order valence-corrected chi connectivity index (χ1v) is 5.17. The first-order valence-electron chi connectivity index (χ1n) is 5.17. The van der Waals surface area contributed by atoms with Crippen LogP contribution in [0, 0.1) is 12.5 Å². The highest BCUT2D eigenvalue weighted by molar-refractivity contribution is 5.98. The van der Waals surface area contributed by atoms with Gasteiger partial charge in [-0.3, -0.25) is 9.36 Å². The zero-order valence-electron chi connectivity index (χ0n) is 9.58. The lowest BCUT2D eigenvalue weighted by molar-refractivity contribution is 0.0991. The number of hydrogen-bond acceptors (Lipinski definition) is 4. The molecule has 0 fully saturated rings. The minimum Gasteiger partial charge on any atom is -0.494 e. The fourth-order valence-corrected chi connectivity index (χ4v) is 1.73. The van der Waals surface area contributed by atoms with Gasteiger partial charge >= 0.3 is 0 Å². The summed E-state index contributed by atoms with van der Waals surface area (Å²) in [5.74, 6) is -1.13. The van der Waals surface area contributed by atoms with Crippen molar-refractivity contribution in [3.8, 4) is 17.4 Å². The third kappa shape index (κ3) is 1.84. The average Bonchev–Trinajstić information content (AvgIpc) is 2.68. The van der Waals surface area contributed by atoms with Crippen LogP contribution in [0.15, 0.2) is 35.4 Å². The van der Waals surface area contributed by atoms with Gasteiger partial charge in [0.2, 0.25) is 0 Å². The van der Waals surface area contributed by atoms with Crippen LogP contribution in [0.4, 0.5) is 0 Å². The van der Waals surface area contributed by atoms with Gasteiger partial charge in [-0.05, 0) is 24.6 Å². The minimum absolute atomic E-state index is 0.136. The fraction of sp³-hybridized carbons (Fsp3) is 0.0833. The molecule has 2 aromatic rings. The van der Waals surface area contributed by atoms with E-state index >= 15 is 0 Å². The number of amides is 1. The molecule has 0 aliphatic heterocycles. The van der Waals surface area contributed by atoms with Gasteiger partial charge in [0.1, 0.15) is 0 Å². The van der Waals surface area contributed by atoms with E-state index in [4.69, 9.17) is 5.53 Å². The van der Waals surface area contributed by atoms with Crippen LogP contribution in [-0.4, -0.2) is 20.7 Å². The van der Waals surface area contributed by atoms with Gasteiger partial charge in [-0.15, -0.1) is 5.11 Å². The molecule has 1 heterocycles. The highest BCUT2D eigenvalue weighted by atomic mass is 16.3. The normalized spacial score (nSPS) is 10.3. The number of carbonyl (C=O) groups excluding carboxylic acids is 1. The minimum atomic E-state index is -0.738. The molecule has 0 saturated heterocycles. The Kier molecular flexibility index (Phi) is 2.85. The second-order valence-corrected chi connectivity index (χ2v) is 3.82. The topological polar surface area (TPSA) is 98.7 Å². The summed E-state index contributed by atoms with van der Waals surface area (Å²) in [5, 5.41) is 22.2. The van der Waals surface area contributed by atoms with Gasteiger partial charge in [-0.1, -0.05) is 6.07 Å². The second-order valence-electron chi connectivity index (χ2n) is 3.82. The van der Waals surface area contributed by atoms with Crippen LogP contribution in [0.1, 0.15) is 15.9 Å². The Bertz CT molecular complexity index is 612. The van der Waals surface area contributed by atoms with Crippen LogP contribution in [0.2, 0.25) is 0 Å². The van der Waals surface area contributed by atoms with E-state index in [1.54, 1.807) is 12.1 Å². The van der Waals surface area contributed by atoms with Crippen LogP contribution in [0.5, 0.6) is 11.8 Å². The third-order valence-corrected chi connectivity index (χ3v) is 2.57. The Morgan fingerprint density at radius 2 is 1.83 bits per heavy atom. The summed E-state index contributed by atoms with van der Waals surface area (Å²) in [6.07, 6.45) is 0. The summed E-state index contributed by atoms with van der Waals surface area (Å²) in [7, 11) is 0. The number of hydrogen-bond donors (Lipinski definition) is 3. The van der Waals surface area contributed by atoms with E-state index in [2.05, 4.69) is 5.11 Å². The van der Waals surface area contributed by atoms with Gasteiger partial charge < -0.3 is 10.2 Å². The van der Waals surface area contributed by atoms with Crippen molar-refractivity contribution in [3.05, 3.63) is 41.5 Å². The van der Waals surface area contributed by atoms with Crippen molar-refractivity contribution in [1.82, 2.24) is 4.57 Å². The molecule has 6 heteroatoms. The molecule has 1 amide bonds. The van der Waals surface area contributed by atoms with Crippen LogP contribution < -0.4 is 0 Å². The zero-order chi connectivity index (χ0) is 13.3. The molecular weight excluding hydrogens is 234 g/mol. The van der Waals surface area contributed by atoms with E-state index in [9.17, 15) is 15.0 Å². The number of nitrogens with one attached hydrogen (secondary N) is 1. The Morgan fingerprint density at radius 3 is 2.39 bits per heavy atom. The maximum absolute atomic E-state index is 11.5. The van der Waals surface area contributed by atoms with Gasteiger partial charge in [0.25, 0.3) is 5.91 Å². The van der Waals surface area contributed by atoms with Crippen LogP contribution in [0.25, 0.3) is 5.69 Å². The zero-order valence-corrected chi connectivity index (χ0v) is 9.58. The van der Waals surface area contributed by atoms with Crippen molar-refractivity contribution >= 4 is 5.91 Å². The molecule has 0 unspecified atom stereocenters. The third-order valence-electron chi connectivity index (χ3n) is 2.57. The van der Waals surface area contributed by atoms with E-state index in [1.165, 1.54) is 18.2 Å². The van der Waals surface area contributed by atoms with Gasteiger partial charge in [0.05, 0.1) is 11.3 Å². The van der Waals surface area contributed by atoms with Crippen molar-refractivity contribution in [2.75, 3.05) is 0 Å². The van der Waals surface area contributed by atoms with E-state index in [-0.39, 0.29) is 23.0 Å². The first kappa shape index (κ1) is 11.8. The molecule has 0 aliphatic rings. The number of aromatic hydroxyl groups is 2. The SMILES string of the molecule is Cc1ccc(C(=O)N=N)c(-n2c(O)ccc2O)c1. The van der Waals surface area contributed by atoms with Gasteiger partial charge in [0.15, 0.2) is 11.8 Å². The fourth-order valence-electron chi connectivity index (χ4n) is 1.73. The van der Waals surface area contributed by atoms with E-state index < -0.39 is 5.91 Å². The van der Waals surface area contributed by atoms with Crippen LogP contribution in [0.3, 0.4) is 0 Å². The smallest absolute Gasteiger partial charge is 0.296 e. The molecule has 6 nitrogen and oxygen atoms in total. The molecule has 1 aromatic heterocycles. The molecule has 0 radical (unpaired) electrons.